The lowest BCUT2D eigenvalue weighted by Gasteiger charge is -2.21. The molecule has 0 spiro atoms. The summed E-state index contributed by atoms with van der Waals surface area (Å²) in [6.45, 7) is 6.99. The molecule has 2 aromatic carbocycles. The minimum atomic E-state index is -3.66. The lowest BCUT2D eigenvalue weighted by molar-refractivity contribution is 0.0936. The largest absolute Gasteiger partial charge is 0.496 e. The Hall–Kier alpha value is -2.38. The van der Waals surface area contributed by atoms with Gasteiger partial charge in [-0.05, 0) is 62.9 Å². The quantitative estimate of drug-likeness (QED) is 0.718. The van der Waals surface area contributed by atoms with Crippen molar-refractivity contribution in [1.29, 1.82) is 0 Å². The number of hydrogen-bond donors (Lipinski definition) is 1. The van der Waals surface area contributed by atoms with Crippen LogP contribution in [-0.2, 0) is 10.0 Å². The summed E-state index contributed by atoms with van der Waals surface area (Å²) < 4.78 is 33.3. The number of hydrogen-bond acceptors (Lipinski definition) is 4. The van der Waals surface area contributed by atoms with Crippen LogP contribution in [0.15, 0.2) is 41.3 Å². The Labute approximate surface area is 185 Å². The van der Waals surface area contributed by atoms with E-state index in [2.05, 4.69) is 11.4 Å². The van der Waals surface area contributed by atoms with Gasteiger partial charge in [0.1, 0.15) is 5.75 Å². The second-order valence-electron chi connectivity index (χ2n) is 8.24. The summed E-state index contributed by atoms with van der Waals surface area (Å²) in [6, 6.07) is 10.4. The number of aryl methyl sites for hydroxylation is 2. The zero-order valence-corrected chi connectivity index (χ0v) is 19.6. The molecule has 1 saturated heterocycles. The summed E-state index contributed by atoms with van der Waals surface area (Å²) in [4.78, 5) is 13.2. The Morgan fingerprint density at radius 2 is 1.71 bits per heavy atom. The summed E-state index contributed by atoms with van der Waals surface area (Å²) in [7, 11) is -2.19. The van der Waals surface area contributed by atoms with E-state index in [0.717, 1.165) is 42.4 Å². The van der Waals surface area contributed by atoms with Gasteiger partial charge in [0, 0.05) is 13.1 Å². The molecule has 2 aromatic rings. The fourth-order valence-corrected chi connectivity index (χ4v) is 5.66. The predicted octanol–water partition coefficient (Wildman–Crippen LogP) is 4.37. The molecular formula is C24H32N2O4S. The van der Waals surface area contributed by atoms with Crippen LogP contribution in [-0.4, -0.2) is 38.8 Å². The number of amides is 1. The van der Waals surface area contributed by atoms with E-state index >= 15 is 0 Å². The van der Waals surface area contributed by atoms with E-state index in [1.54, 1.807) is 6.07 Å². The molecule has 1 amide bonds. The first-order chi connectivity index (χ1) is 14.7. The van der Waals surface area contributed by atoms with Crippen molar-refractivity contribution in [2.24, 2.45) is 0 Å². The van der Waals surface area contributed by atoms with Crippen LogP contribution in [0, 0.1) is 13.8 Å². The molecule has 1 fully saturated rings. The molecule has 0 saturated carbocycles. The Morgan fingerprint density at radius 3 is 2.32 bits per heavy atom. The van der Waals surface area contributed by atoms with Gasteiger partial charge < -0.3 is 10.1 Å². The van der Waals surface area contributed by atoms with Crippen molar-refractivity contribution in [1.82, 2.24) is 9.62 Å². The van der Waals surface area contributed by atoms with E-state index in [4.69, 9.17) is 4.74 Å². The van der Waals surface area contributed by atoms with Gasteiger partial charge in [-0.1, -0.05) is 36.6 Å². The summed E-state index contributed by atoms with van der Waals surface area (Å²) in [6.07, 6.45) is 3.80. The molecule has 1 aliphatic heterocycles. The Kier molecular flexibility index (Phi) is 7.38. The molecule has 0 radical (unpaired) electrons. The summed E-state index contributed by atoms with van der Waals surface area (Å²) in [5.41, 5.74) is 3.49. The maximum atomic E-state index is 13.2. The molecule has 1 heterocycles. The van der Waals surface area contributed by atoms with E-state index in [0.29, 0.717) is 18.8 Å². The maximum Gasteiger partial charge on any atom is 0.255 e. The third-order valence-corrected chi connectivity index (χ3v) is 7.75. The molecule has 0 aliphatic carbocycles. The van der Waals surface area contributed by atoms with Crippen LogP contribution in [0.3, 0.4) is 0 Å². The highest BCUT2D eigenvalue weighted by atomic mass is 32.2. The highest BCUT2D eigenvalue weighted by Gasteiger charge is 2.27. The molecule has 6 nitrogen and oxygen atoms in total. The van der Waals surface area contributed by atoms with Crippen molar-refractivity contribution in [3.63, 3.8) is 0 Å². The molecule has 168 valence electrons. The zero-order chi connectivity index (χ0) is 22.6. The van der Waals surface area contributed by atoms with Gasteiger partial charge in [0.25, 0.3) is 5.91 Å². The minimum Gasteiger partial charge on any atom is -0.496 e. The molecular weight excluding hydrogens is 412 g/mol. The van der Waals surface area contributed by atoms with Gasteiger partial charge in [-0.3, -0.25) is 4.79 Å². The van der Waals surface area contributed by atoms with Gasteiger partial charge in [-0.25, -0.2) is 8.42 Å². The van der Waals surface area contributed by atoms with Gasteiger partial charge in [0.05, 0.1) is 23.6 Å². The van der Waals surface area contributed by atoms with Crippen molar-refractivity contribution < 1.29 is 17.9 Å². The van der Waals surface area contributed by atoms with Gasteiger partial charge in [0.15, 0.2) is 0 Å². The monoisotopic (exact) mass is 444 g/mol. The molecule has 3 rings (SSSR count). The SMILES string of the molecule is COc1ccc(S(=O)(=O)N2CCCCCC2)cc1C(=O)NC(C)c1ccc(C)cc1C. The molecule has 31 heavy (non-hydrogen) atoms. The Morgan fingerprint density at radius 1 is 1.03 bits per heavy atom. The first kappa shape index (κ1) is 23.3. The van der Waals surface area contributed by atoms with Crippen LogP contribution in [0.5, 0.6) is 5.75 Å². The highest BCUT2D eigenvalue weighted by Crippen LogP contribution is 2.27. The van der Waals surface area contributed by atoms with E-state index in [-0.39, 0.29) is 22.4 Å². The predicted molar refractivity (Wildman–Crippen MR) is 122 cm³/mol. The molecule has 7 heteroatoms. The number of rotatable bonds is 6. The third kappa shape index (κ3) is 5.28. The second-order valence-corrected chi connectivity index (χ2v) is 10.2. The number of ether oxygens (including phenoxy) is 1. The van der Waals surface area contributed by atoms with Crippen LogP contribution in [0.4, 0.5) is 0 Å². The lowest BCUT2D eigenvalue weighted by atomic mass is 10.00. The fourth-order valence-electron chi connectivity index (χ4n) is 4.12. The molecule has 0 aromatic heterocycles. The van der Waals surface area contributed by atoms with Crippen LogP contribution in [0.2, 0.25) is 0 Å². The number of nitrogens with zero attached hydrogens (tertiary/aromatic N) is 1. The average molecular weight is 445 g/mol. The second kappa shape index (κ2) is 9.83. The average Bonchev–Trinajstić information content (AvgIpc) is 3.03. The minimum absolute atomic E-state index is 0.125. The zero-order valence-electron chi connectivity index (χ0n) is 18.8. The normalized spacial score (nSPS) is 16.4. The number of nitrogens with one attached hydrogen (secondary N) is 1. The molecule has 1 unspecified atom stereocenters. The van der Waals surface area contributed by atoms with Crippen molar-refractivity contribution in [2.75, 3.05) is 20.2 Å². The smallest absolute Gasteiger partial charge is 0.255 e. The first-order valence-corrected chi connectivity index (χ1v) is 12.2. The molecule has 1 atom stereocenters. The maximum absolute atomic E-state index is 13.2. The Balaban J connectivity index is 1.88. The standard InChI is InChI=1S/C24H32N2O4S/c1-17-9-11-21(18(2)15-17)19(3)25-24(27)22-16-20(10-12-23(22)30-4)31(28,29)26-13-7-5-6-8-14-26/h9-12,15-16,19H,5-8,13-14H2,1-4H3,(H,25,27). The van der Waals surface area contributed by atoms with Crippen LogP contribution in [0.25, 0.3) is 0 Å². The van der Waals surface area contributed by atoms with Crippen LogP contribution in [0.1, 0.15) is 65.7 Å². The molecule has 1 N–H and O–H groups in total. The highest BCUT2D eigenvalue weighted by molar-refractivity contribution is 7.89. The number of methoxy groups -OCH3 is 1. The van der Waals surface area contributed by atoms with Crippen molar-refractivity contribution in [3.05, 3.63) is 58.7 Å². The van der Waals surface area contributed by atoms with Crippen molar-refractivity contribution in [3.8, 4) is 5.75 Å². The van der Waals surface area contributed by atoms with E-state index < -0.39 is 10.0 Å². The van der Waals surface area contributed by atoms with E-state index in [1.807, 2.05) is 32.9 Å². The summed E-state index contributed by atoms with van der Waals surface area (Å²) in [5.74, 6) is -0.0163. The van der Waals surface area contributed by atoms with Crippen molar-refractivity contribution >= 4 is 15.9 Å². The lowest BCUT2D eigenvalue weighted by Crippen LogP contribution is -2.32. The number of sulfonamides is 1. The first-order valence-electron chi connectivity index (χ1n) is 10.8. The topological polar surface area (TPSA) is 75.7 Å². The number of benzene rings is 2. The summed E-state index contributed by atoms with van der Waals surface area (Å²) >= 11 is 0. The number of carbonyl (C=O) groups excluding carboxylic acids is 1. The van der Waals surface area contributed by atoms with Gasteiger partial charge in [-0.15, -0.1) is 0 Å². The molecule has 1 aliphatic rings. The van der Waals surface area contributed by atoms with Gasteiger partial charge in [-0.2, -0.15) is 4.31 Å². The van der Waals surface area contributed by atoms with E-state index in [1.165, 1.54) is 23.5 Å². The van der Waals surface area contributed by atoms with Crippen molar-refractivity contribution in [2.45, 2.75) is 57.4 Å². The van der Waals surface area contributed by atoms with Gasteiger partial charge >= 0.3 is 0 Å². The van der Waals surface area contributed by atoms with Crippen LogP contribution >= 0.6 is 0 Å². The number of carbonyl (C=O) groups is 1. The third-order valence-electron chi connectivity index (χ3n) is 5.86. The fraction of sp³-hybridized carbons (Fsp3) is 0.458. The van der Waals surface area contributed by atoms with Crippen LogP contribution < -0.4 is 10.1 Å². The summed E-state index contributed by atoms with van der Waals surface area (Å²) in [5, 5.41) is 2.99. The molecule has 0 bridgehead atoms. The van der Waals surface area contributed by atoms with E-state index in [9.17, 15) is 13.2 Å². The van der Waals surface area contributed by atoms with Gasteiger partial charge in [0.2, 0.25) is 10.0 Å². The Bertz CT molecular complexity index is 1040.